The van der Waals surface area contributed by atoms with Crippen molar-refractivity contribution in [2.75, 3.05) is 18.4 Å². The Bertz CT molecular complexity index is 708. The molecule has 0 spiro atoms. The van der Waals surface area contributed by atoms with Crippen LogP contribution in [-0.2, 0) is 11.3 Å². The number of morpholine rings is 1. The van der Waals surface area contributed by atoms with Gasteiger partial charge in [0.2, 0.25) is 0 Å². The smallest absolute Gasteiger partial charge is 0.269 e. The minimum absolute atomic E-state index is 0.159. The van der Waals surface area contributed by atoms with E-state index in [1.54, 1.807) is 6.92 Å². The van der Waals surface area contributed by atoms with E-state index in [0.717, 1.165) is 36.9 Å². The van der Waals surface area contributed by atoms with Crippen molar-refractivity contribution in [1.29, 1.82) is 0 Å². The highest BCUT2D eigenvalue weighted by molar-refractivity contribution is 7.08. The van der Waals surface area contributed by atoms with E-state index in [1.807, 2.05) is 18.2 Å². The first-order valence-electron chi connectivity index (χ1n) is 8.08. The molecule has 0 bridgehead atoms. The third-order valence-electron chi connectivity index (χ3n) is 3.94. The van der Waals surface area contributed by atoms with E-state index >= 15 is 0 Å². The highest BCUT2D eigenvalue weighted by atomic mass is 32.1. The fourth-order valence-corrected chi connectivity index (χ4v) is 3.60. The minimum atomic E-state index is -0.159. The van der Waals surface area contributed by atoms with Crippen LogP contribution in [0.1, 0.15) is 34.8 Å². The number of nitrogens with one attached hydrogen (secondary N) is 1. The van der Waals surface area contributed by atoms with Crippen LogP contribution in [0.2, 0.25) is 0 Å². The number of aromatic nitrogens is 2. The number of anilines is 1. The van der Waals surface area contributed by atoms with Gasteiger partial charge in [-0.05, 0) is 50.0 Å². The second kappa shape index (κ2) is 7.38. The molecular weight excluding hydrogens is 324 g/mol. The van der Waals surface area contributed by atoms with E-state index in [1.165, 1.54) is 5.56 Å². The zero-order valence-electron chi connectivity index (χ0n) is 14.2. The number of carbonyl (C=O) groups excluding carboxylic acids is 1. The van der Waals surface area contributed by atoms with E-state index in [2.05, 4.69) is 39.7 Å². The van der Waals surface area contributed by atoms with Crippen LogP contribution in [0.25, 0.3) is 0 Å². The molecule has 2 atom stereocenters. The van der Waals surface area contributed by atoms with Gasteiger partial charge in [0.25, 0.3) is 5.91 Å². The molecule has 128 valence electrons. The van der Waals surface area contributed by atoms with Gasteiger partial charge >= 0.3 is 0 Å². The third-order valence-corrected chi connectivity index (χ3v) is 4.77. The Balaban J connectivity index is 1.66. The van der Waals surface area contributed by atoms with Gasteiger partial charge in [-0.15, -0.1) is 5.10 Å². The summed E-state index contributed by atoms with van der Waals surface area (Å²) in [6.07, 6.45) is 0.497. The molecule has 3 rings (SSSR count). The molecule has 1 aliphatic rings. The average Bonchev–Trinajstić information content (AvgIpc) is 2.92. The van der Waals surface area contributed by atoms with E-state index in [0.29, 0.717) is 10.6 Å². The molecule has 2 heterocycles. The largest absolute Gasteiger partial charge is 0.373 e. The Morgan fingerprint density at radius 2 is 2.12 bits per heavy atom. The fourth-order valence-electron chi connectivity index (χ4n) is 3.05. The maximum atomic E-state index is 12.3. The molecule has 2 unspecified atom stereocenters. The molecule has 1 aromatic carbocycles. The summed E-state index contributed by atoms with van der Waals surface area (Å²) in [4.78, 5) is 15.2. The summed E-state index contributed by atoms with van der Waals surface area (Å²) in [5.74, 6) is -0.159. The maximum absolute atomic E-state index is 12.3. The Morgan fingerprint density at radius 3 is 2.79 bits per heavy atom. The van der Waals surface area contributed by atoms with Crippen molar-refractivity contribution in [1.82, 2.24) is 14.5 Å². The summed E-state index contributed by atoms with van der Waals surface area (Å²) in [6.45, 7) is 8.69. The molecule has 0 saturated carbocycles. The quantitative estimate of drug-likeness (QED) is 0.922. The Kier molecular flexibility index (Phi) is 5.23. The highest BCUT2D eigenvalue weighted by Crippen LogP contribution is 2.18. The zero-order valence-corrected chi connectivity index (χ0v) is 15.0. The van der Waals surface area contributed by atoms with Gasteiger partial charge in [-0.1, -0.05) is 16.6 Å². The number of hydrogen-bond donors (Lipinski definition) is 1. The van der Waals surface area contributed by atoms with Crippen molar-refractivity contribution >= 4 is 23.1 Å². The minimum Gasteiger partial charge on any atom is -0.373 e. The maximum Gasteiger partial charge on any atom is 0.269 e. The summed E-state index contributed by atoms with van der Waals surface area (Å²) < 4.78 is 9.58. The molecule has 1 aliphatic heterocycles. The number of rotatable bonds is 4. The lowest BCUT2D eigenvalue weighted by atomic mass is 10.1. The number of amides is 1. The van der Waals surface area contributed by atoms with Crippen LogP contribution >= 0.6 is 11.5 Å². The van der Waals surface area contributed by atoms with Crippen molar-refractivity contribution < 1.29 is 9.53 Å². The predicted molar refractivity (Wildman–Crippen MR) is 94.3 cm³/mol. The van der Waals surface area contributed by atoms with Gasteiger partial charge in [0, 0.05) is 25.3 Å². The second-order valence-corrected chi connectivity index (χ2v) is 7.05. The van der Waals surface area contributed by atoms with Gasteiger partial charge in [-0.25, -0.2) is 0 Å². The number of ether oxygens (including phenoxy) is 1. The van der Waals surface area contributed by atoms with Crippen LogP contribution in [0.5, 0.6) is 0 Å². The van der Waals surface area contributed by atoms with Gasteiger partial charge in [-0.2, -0.15) is 0 Å². The van der Waals surface area contributed by atoms with Crippen molar-refractivity contribution in [2.24, 2.45) is 0 Å². The van der Waals surface area contributed by atoms with Crippen LogP contribution < -0.4 is 5.32 Å². The molecule has 1 aromatic heterocycles. The Morgan fingerprint density at radius 1 is 1.38 bits per heavy atom. The topological polar surface area (TPSA) is 67.4 Å². The normalized spacial score (nSPS) is 21.6. The van der Waals surface area contributed by atoms with Crippen molar-refractivity contribution in [3.8, 4) is 0 Å². The van der Waals surface area contributed by atoms with E-state index in [9.17, 15) is 4.79 Å². The van der Waals surface area contributed by atoms with Crippen molar-refractivity contribution in [3.05, 3.63) is 40.4 Å². The first kappa shape index (κ1) is 17.0. The van der Waals surface area contributed by atoms with Gasteiger partial charge in [0.05, 0.1) is 17.9 Å². The van der Waals surface area contributed by atoms with Gasteiger partial charge in [0.1, 0.15) is 4.88 Å². The summed E-state index contributed by atoms with van der Waals surface area (Å²) in [5, 5.41) is 6.81. The van der Waals surface area contributed by atoms with Gasteiger partial charge in [-0.3, -0.25) is 9.69 Å². The monoisotopic (exact) mass is 346 g/mol. The lowest BCUT2D eigenvalue weighted by molar-refractivity contribution is -0.0704. The molecule has 6 nitrogen and oxygen atoms in total. The van der Waals surface area contributed by atoms with Crippen LogP contribution in [0.3, 0.4) is 0 Å². The Labute approximate surface area is 146 Å². The predicted octanol–water partition coefficient (Wildman–Crippen LogP) is 2.71. The first-order chi connectivity index (χ1) is 11.5. The number of hydrogen-bond acceptors (Lipinski definition) is 6. The zero-order chi connectivity index (χ0) is 17.1. The van der Waals surface area contributed by atoms with Gasteiger partial charge < -0.3 is 10.1 Å². The van der Waals surface area contributed by atoms with Crippen LogP contribution in [0.15, 0.2) is 24.3 Å². The molecule has 1 N–H and O–H groups in total. The summed E-state index contributed by atoms with van der Waals surface area (Å²) in [5.41, 5.74) is 2.62. The molecule has 2 aromatic rings. The second-order valence-electron chi connectivity index (χ2n) is 6.29. The molecule has 7 heteroatoms. The van der Waals surface area contributed by atoms with Gasteiger partial charge in [0.15, 0.2) is 0 Å². The van der Waals surface area contributed by atoms with Crippen molar-refractivity contribution in [2.45, 2.75) is 39.5 Å². The molecule has 0 aliphatic carbocycles. The highest BCUT2D eigenvalue weighted by Gasteiger charge is 2.22. The Hall–Kier alpha value is -1.83. The van der Waals surface area contributed by atoms with E-state index in [4.69, 9.17) is 4.74 Å². The lowest BCUT2D eigenvalue weighted by Gasteiger charge is -2.35. The fraction of sp³-hybridized carbons (Fsp3) is 0.471. The van der Waals surface area contributed by atoms with E-state index in [-0.39, 0.29) is 18.1 Å². The number of aryl methyl sites for hydroxylation is 1. The van der Waals surface area contributed by atoms with Crippen molar-refractivity contribution in [3.63, 3.8) is 0 Å². The number of carbonyl (C=O) groups is 1. The summed E-state index contributed by atoms with van der Waals surface area (Å²) in [7, 11) is 0. The summed E-state index contributed by atoms with van der Waals surface area (Å²) >= 11 is 1.11. The molecule has 24 heavy (non-hydrogen) atoms. The molecule has 1 saturated heterocycles. The van der Waals surface area contributed by atoms with Crippen LogP contribution in [0.4, 0.5) is 5.69 Å². The summed E-state index contributed by atoms with van der Waals surface area (Å²) in [6, 6.07) is 7.97. The lowest BCUT2D eigenvalue weighted by Crippen LogP contribution is -2.44. The molecule has 0 radical (unpaired) electrons. The molecule has 1 amide bonds. The number of benzene rings is 1. The first-order valence-corrected chi connectivity index (χ1v) is 8.85. The van der Waals surface area contributed by atoms with Crippen LogP contribution in [0, 0.1) is 6.92 Å². The third kappa shape index (κ3) is 4.17. The number of nitrogens with zero attached hydrogens (tertiary/aromatic N) is 3. The standard InChI is InChI=1S/C17H22N4O2S/c1-11-8-21(9-12(2)23-11)10-14-5-4-6-15(7-14)18-17(22)16-13(3)19-20-24-16/h4-7,11-12H,8-10H2,1-3H3,(H,18,22). The van der Waals surface area contributed by atoms with Crippen LogP contribution in [-0.4, -0.2) is 45.7 Å². The van der Waals surface area contributed by atoms with E-state index < -0.39 is 0 Å². The molecular formula is C17H22N4O2S. The molecule has 1 fully saturated rings. The SMILES string of the molecule is Cc1nnsc1C(=O)Nc1cccc(CN2CC(C)OC(C)C2)c1. The average molecular weight is 346 g/mol.